The Kier molecular flexibility index (Phi) is 5.13. The molecule has 0 aliphatic heterocycles. The van der Waals surface area contributed by atoms with Crippen LogP contribution in [0, 0.1) is 0 Å². The first-order chi connectivity index (χ1) is 12.2. The third-order valence-electron chi connectivity index (χ3n) is 4.10. The van der Waals surface area contributed by atoms with Gasteiger partial charge in [0.05, 0.1) is 22.3 Å². The summed E-state index contributed by atoms with van der Waals surface area (Å²) in [4.78, 5) is 19.6. The number of nitrogens with zero attached hydrogens (tertiary/aromatic N) is 1. The number of aromatic amines is 1. The van der Waals surface area contributed by atoms with Crippen LogP contribution in [-0.4, -0.2) is 24.6 Å². The zero-order valence-corrected chi connectivity index (χ0v) is 15.9. The molecule has 6 nitrogen and oxygen atoms in total. The lowest BCUT2D eigenvalue weighted by molar-refractivity contribution is 0.559. The van der Waals surface area contributed by atoms with E-state index in [2.05, 4.69) is 15.3 Å². The summed E-state index contributed by atoms with van der Waals surface area (Å²) in [6, 6.07) is 11.6. The molecule has 0 amide bonds. The molecule has 1 heterocycles. The van der Waals surface area contributed by atoms with E-state index in [9.17, 15) is 13.2 Å². The summed E-state index contributed by atoms with van der Waals surface area (Å²) in [5, 5.41) is 4.28. The fraction of sp³-hybridized carbons (Fsp3) is 0.222. The zero-order chi connectivity index (χ0) is 18.9. The van der Waals surface area contributed by atoms with E-state index < -0.39 is 9.84 Å². The Bertz CT molecular complexity index is 1110. The Labute approximate surface area is 156 Å². The molecule has 3 rings (SSSR count). The van der Waals surface area contributed by atoms with Gasteiger partial charge in [-0.3, -0.25) is 4.79 Å². The third-order valence-corrected chi connectivity index (χ3v) is 5.47. The second-order valence-corrected chi connectivity index (χ2v) is 8.57. The summed E-state index contributed by atoms with van der Waals surface area (Å²) >= 11 is 5.97. The number of H-pyrrole nitrogens is 1. The molecule has 136 valence electrons. The molecule has 2 aromatic carbocycles. The van der Waals surface area contributed by atoms with Crippen LogP contribution in [0.25, 0.3) is 10.9 Å². The topological polar surface area (TPSA) is 91.9 Å². The third kappa shape index (κ3) is 4.12. The lowest BCUT2D eigenvalue weighted by atomic mass is 10.1. The van der Waals surface area contributed by atoms with Crippen molar-refractivity contribution in [2.24, 2.45) is 0 Å². The molecule has 2 N–H and O–H groups in total. The van der Waals surface area contributed by atoms with Crippen LogP contribution in [-0.2, 0) is 16.4 Å². The van der Waals surface area contributed by atoms with Crippen LogP contribution in [0.2, 0.25) is 5.02 Å². The smallest absolute Gasteiger partial charge is 0.258 e. The summed E-state index contributed by atoms with van der Waals surface area (Å²) in [6.07, 6.45) is 1.18. The van der Waals surface area contributed by atoms with Gasteiger partial charge in [-0.2, -0.15) is 0 Å². The van der Waals surface area contributed by atoms with Crippen molar-refractivity contribution in [3.8, 4) is 0 Å². The molecule has 0 aliphatic carbocycles. The molecule has 0 aliphatic rings. The molecule has 0 bridgehead atoms. The maximum atomic E-state index is 12.1. The standard InChI is InChI=1S/C18H18ClN3O3S/c1-11(12-3-6-14(7-4-12)26(2,24)25)20-10-17-21-16-9-13(19)5-8-15(16)18(23)22-17/h3-9,11,20H,10H2,1-2H3,(H,21,22,23). The number of benzene rings is 2. The Morgan fingerprint density at radius 2 is 1.88 bits per heavy atom. The maximum absolute atomic E-state index is 12.1. The van der Waals surface area contributed by atoms with Crippen molar-refractivity contribution in [1.82, 2.24) is 15.3 Å². The van der Waals surface area contributed by atoms with Crippen molar-refractivity contribution in [3.63, 3.8) is 0 Å². The first-order valence-electron chi connectivity index (χ1n) is 7.96. The summed E-state index contributed by atoms with van der Waals surface area (Å²) in [7, 11) is -3.21. The number of aromatic nitrogens is 2. The Balaban J connectivity index is 1.76. The normalized spacial score (nSPS) is 13.0. The van der Waals surface area contributed by atoms with Gasteiger partial charge in [-0.15, -0.1) is 0 Å². The van der Waals surface area contributed by atoms with E-state index in [1.165, 1.54) is 6.26 Å². The molecular formula is C18H18ClN3O3S. The number of nitrogens with one attached hydrogen (secondary N) is 2. The zero-order valence-electron chi connectivity index (χ0n) is 14.3. The number of fused-ring (bicyclic) bond motifs is 1. The minimum atomic E-state index is -3.21. The molecule has 1 unspecified atom stereocenters. The van der Waals surface area contributed by atoms with Gasteiger partial charge in [0.25, 0.3) is 5.56 Å². The molecule has 3 aromatic rings. The average molecular weight is 392 g/mol. The quantitative estimate of drug-likeness (QED) is 0.697. The highest BCUT2D eigenvalue weighted by Gasteiger charge is 2.10. The fourth-order valence-electron chi connectivity index (χ4n) is 2.62. The Morgan fingerprint density at radius 1 is 1.19 bits per heavy atom. The number of rotatable bonds is 5. The van der Waals surface area contributed by atoms with Crippen LogP contribution in [0.3, 0.4) is 0 Å². The first kappa shape index (κ1) is 18.6. The Morgan fingerprint density at radius 3 is 2.54 bits per heavy atom. The highest BCUT2D eigenvalue weighted by Crippen LogP contribution is 2.17. The van der Waals surface area contributed by atoms with Gasteiger partial charge in [-0.25, -0.2) is 13.4 Å². The molecule has 0 saturated carbocycles. The highest BCUT2D eigenvalue weighted by molar-refractivity contribution is 7.90. The van der Waals surface area contributed by atoms with Gasteiger partial charge in [0, 0.05) is 17.3 Å². The predicted molar refractivity (Wildman–Crippen MR) is 102 cm³/mol. The lowest BCUT2D eigenvalue weighted by Crippen LogP contribution is -2.22. The van der Waals surface area contributed by atoms with Crippen LogP contribution in [0.15, 0.2) is 52.2 Å². The second-order valence-electron chi connectivity index (χ2n) is 6.12. The van der Waals surface area contributed by atoms with Gasteiger partial charge in [0.2, 0.25) is 0 Å². The average Bonchev–Trinajstić information content (AvgIpc) is 2.58. The van der Waals surface area contributed by atoms with Crippen molar-refractivity contribution in [2.45, 2.75) is 24.4 Å². The molecule has 0 fully saturated rings. The molecule has 26 heavy (non-hydrogen) atoms. The van der Waals surface area contributed by atoms with Crippen molar-refractivity contribution in [3.05, 3.63) is 69.2 Å². The highest BCUT2D eigenvalue weighted by atomic mass is 35.5. The number of sulfone groups is 1. The van der Waals surface area contributed by atoms with Gasteiger partial charge in [-0.05, 0) is 42.8 Å². The number of halogens is 1. The van der Waals surface area contributed by atoms with Crippen molar-refractivity contribution >= 4 is 32.3 Å². The van der Waals surface area contributed by atoms with E-state index in [4.69, 9.17) is 11.6 Å². The summed E-state index contributed by atoms with van der Waals surface area (Å²) in [5.74, 6) is 0.504. The molecule has 1 atom stereocenters. The largest absolute Gasteiger partial charge is 0.309 e. The number of hydrogen-bond acceptors (Lipinski definition) is 5. The van der Waals surface area contributed by atoms with Crippen LogP contribution in [0.1, 0.15) is 24.4 Å². The van der Waals surface area contributed by atoms with Crippen LogP contribution < -0.4 is 10.9 Å². The fourth-order valence-corrected chi connectivity index (χ4v) is 3.41. The maximum Gasteiger partial charge on any atom is 0.258 e. The summed E-state index contributed by atoms with van der Waals surface area (Å²) < 4.78 is 23.0. The van der Waals surface area contributed by atoms with Crippen LogP contribution in [0.5, 0.6) is 0 Å². The van der Waals surface area contributed by atoms with Crippen molar-refractivity contribution in [2.75, 3.05) is 6.26 Å². The summed E-state index contributed by atoms with van der Waals surface area (Å²) in [5.41, 5.74) is 1.26. The van der Waals surface area contributed by atoms with E-state index in [1.54, 1.807) is 42.5 Å². The Hall–Kier alpha value is -2.22. The van der Waals surface area contributed by atoms with Crippen LogP contribution in [0.4, 0.5) is 0 Å². The summed E-state index contributed by atoms with van der Waals surface area (Å²) in [6.45, 7) is 2.30. The molecule has 0 spiro atoms. The second kappa shape index (κ2) is 7.19. The minimum Gasteiger partial charge on any atom is -0.309 e. The monoisotopic (exact) mass is 391 g/mol. The van der Waals surface area contributed by atoms with E-state index in [-0.39, 0.29) is 16.5 Å². The van der Waals surface area contributed by atoms with E-state index >= 15 is 0 Å². The SMILES string of the molecule is CC(NCc1nc2cc(Cl)ccc2c(=O)[nH]1)c1ccc(S(C)(=O)=O)cc1. The molecular weight excluding hydrogens is 374 g/mol. The first-order valence-corrected chi connectivity index (χ1v) is 10.2. The van der Waals surface area contributed by atoms with Crippen molar-refractivity contribution in [1.29, 1.82) is 0 Å². The van der Waals surface area contributed by atoms with E-state index in [0.29, 0.717) is 28.3 Å². The van der Waals surface area contributed by atoms with E-state index in [0.717, 1.165) is 5.56 Å². The number of hydrogen-bond donors (Lipinski definition) is 2. The van der Waals surface area contributed by atoms with Crippen molar-refractivity contribution < 1.29 is 8.42 Å². The lowest BCUT2D eigenvalue weighted by Gasteiger charge is -2.14. The van der Waals surface area contributed by atoms with Gasteiger partial charge in [-0.1, -0.05) is 23.7 Å². The van der Waals surface area contributed by atoms with Crippen LogP contribution >= 0.6 is 11.6 Å². The molecule has 8 heteroatoms. The molecule has 0 radical (unpaired) electrons. The van der Waals surface area contributed by atoms with Gasteiger partial charge in [0.1, 0.15) is 5.82 Å². The minimum absolute atomic E-state index is 0.0519. The van der Waals surface area contributed by atoms with E-state index in [1.807, 2.05) is 6.92 Å². The van der Waals surface area contributed by atoms with Gasteiger partial charge >= 0.3 is 0 Å². The predicted octanol–water partition coefficient (Wildman–Crippen LogP) is 2.83. The molecule has 0 saturated heterocycles. The van der Waals surface area contributed by atoms with Gasteiger partial charge < -0.3 is 10.3 Å². The van der Waals surface area contributed by atoms with Gasteiger partial charge in [0.15, 0.2) is 9.84 Å². The molecule has 1 aromatic heterocycles.